The molecule has 6 heteroatoms. The number of halogens is 1. The van der Waals surface area contributed by atoms with E-state index in [9.17, 15) is 9.59 Å². The van der Waals surface area contributed by atoms with Crippen molar-refractivity contribution in [2.75, 3.05) is 13.2 Å². The van der Waals surface area contributed by atoms with Crippen LogP contribution >= 0.6 is 8.92 Å². The van der Waals surface area contributed by atoms with Gasteiger partial charge in [-0.1, -0.05) is 26.7 Å². The van der Waals surface area contributed by atoms with E-state index in [0.29, 0.717) is 26.1 Å². The van der Waals surface area contributed by atoms with E-state index < -0.39 is 18.6 Å². The molecule has 0 amide bonds. The predicted molar refractivity (Wildman–Crippen MR) is 85.7 cm³/mol. The maximum absolute atomic E-state index is 11.0. The van der Waals surface area contributed by atoms with Gasteiger partial charge in [-0.2, -0.15) is 0 Å². The molecule has 4 nitrogen and oxygen atoms in total. The van der Waals surface area contributed by atoms with Crippen molar-refractivity contribution in [2.45, 2.75) is 62.3 Å². The molecule has 0 heterocycles. The number of carbonyl (C=O) groups excluding carboxylic acids is 2. The van der Waals surface area contributed by atoms with E-state index in [2.05, 4.69) is 13.8 Å². The normalized spacial score (nSPS) is 9.70. The summed E-state index contributed by atoms with van der Waals surface area (Å²) in [4.78, 5) is 22.1. The van der Waals surface area contributed by atoms with E-state index in [1.807, 2.05) is 0 Å². The van der Waals surface area contributed by atoms with E-state index in [0.717, 1.165) is 8.87 Å². The molecule has 0 aliphatic rings. The first-order valence-corrected chi connectivity index (χ1v) is 16.3. The molecule has 20 heavy (non-hydrogen) atoms. The number of ether oxygens (including phenoxy) is 2. The predicted octanol–water partition coefficient (Wildman–Crippen LogP) is 3.66. The fraction of sp³-hybridized carbons (Fsp3) is 0.857. The molecule has 0 aliphatic carbocycles. The molecule has 120 valence electrons. The zero-order valence-electron chi connectivity index (χ0n) is 13.2. The van der Waals surface area contributed by atoms with Gasteiger partial charge in [0.05, 0.1) is 0 Å². The molecule has 0 aliphatic heterocycles. The second kappa shape index (κ2) is 17.1. The number of hydrogen-bond acceptors (Lipinski definition) is 4. The Labute approximate surface area is 134 Å². The molecule has 0 fully saturated rings. The molecule has 0 radical (unpaired) electrons. The molecule has 0 aromatic heterocycles. The minimum atomic E-state index is -2.16. The van der Waals surface area contributed by atoms with Gasteiger partial charge in [-0.3, -0.25) is 0 Å². The first-order valence-electron chi connectivity index (χ1n) is 7.46. The third-order valence-corrected chi connectivity index (χ3v) is 10.6. The molecule has 0 atom stereocenters. The van der Waals surface area contributed by atoms with Crippen molar-refractivity contribution < 1.29 is 19.1 Å². The fourth-order valence-corrected chi connectivity index (χ4v) is 6.58. The van der Waals surface area contributed by atoms with E-state index in [-0.39, 0.29) is 11.9 Å². The fourth-order valence-electron chi connectivity index (χ4n) is 1.16. The minimum absolute atomic E-state index is 0.194. The summed E-state index contributed by atoms with van der Waals surface area (Å²) in [6.07, 6.45) is 3.42. The van der Waals surface area contributed by atoms with Crippen LogP contribution in [-0.2, 0) is 19.1 Å². The summed E-state index contributed by atoms with van der Waals surface area (Å²) in [6, 6.07) is 0. The Balaban J connectivity index is 0. The molecule has 0 spiro atoms. The van der Waals surface area contributed by atoms with Crippen LogP contribution in [0.4, 0.5) is 0 Å². The molecule has 0 saturated heterocycles. The van der Waals surface area contributed by atoms with Gasteiger partial charge in [0.15, 0.2) is 0 Å². The second-order valence-corrected chi connectivity index (χ2v) is 15.1. The number of esters is 2. The summed E-state index contributed by atoms with van der Waals surface area (Å²) >= 11 is -2.16. The molecule has 0 unspecified atom stereocenters. The summed E-state index contributed by atoms with van der Waals surface area (Å²) < 4.78 is 11.1. The molecular weight excluding hydrogens is 386 g/mol. The summed E-state index contributed by atoms with van der Waals surface area (Å²) in [7, 11) is 6.16. The van der Waals surface area contributed by atoms with Crippen LogP contribution in [0.3, 0.4) is 0 Å². The van der Waals surface area contributed by atoms with Gasteiger partial charge in [0.25, 0.3) is 0 Å². The van der Waals surface area contributed by atoms with E-state index >= 15 is 0 Å². The molecule has 0 aromatic rings. The first-order chi connectivity index (χ1) is 9.51. The van der Waals surface area contributed by atoms with Gasteiger partial charge in [0.2, 0.25) is 0 Å². The third kappa shape index (κ3) is 18.0. The van der Waals surface area contributed by atoms with Crippen molar-refractivity contribution >= 4 is 39.5 Å². The van der Waals surface area contributed by atoms with Gasteiger partial charge in [0.1, 0.15) is 0 Å². The molecule has 0 rings (SSSR count). The number of unbranched alkanes of at least 4 members (excludes halogenated alkanes) is 1. The van der Waals surface area contributed by atoms with Crippen molar-refractivity contribution in [3.8, 4) is 0 Å². The van der Waals surface area contributed by atoms with Crippen LogP contribution in [-0.4, -0.2) is 43.8 Å². The maximum atomic E-state index is 11.0. The molecule has 0 aromatic carbocycles. The van der Waals surface area contributed by atoms with Gasteiger partial charge in [0, 0.05) is 0 Å². The van der Waals surface area contributed by atoms with Crippen molar-refractivity contribution in [2.24, 2.45) is 0 Å². The zero-order valence-corrected chi connectivity index (χ0v) is 17.3. The van der Waals surface area contributed by atoms with Crippen LogP contribution in [0.2, 0.25) is 8.87 Å². The van der Waals surface area contributed by atoms with Crippen LogP contribution in [0.5, 0.6) is 0 Å². The second-order valence-electron chi connectivity index (χ2n) is 4.28. The van der Waals surface area contributed by atoms with Crippen molar-refractivity contribution in [1.29, 1.82) is 0 Å². The van der Waals surface area contributed by atoms with E-state index in [1.54, 1.807) is 13.8 Å². The first kappa shape index (κ1) is 22.3. The summed E-state index contributed by atoms with van der Waals surface area (Å²) in [6.45, 7) is 8.73. The van der Waals surface area contributed by atoms with Crippen LogP contribution in [0.1, 0.15) is 53.4 Å². The van der Waals surface area contributed by atoms with Crippen LogP contribution in [0, 0.1) is 0 Å². The van der Waals surface area contributed by atoms with E-state index in [1.165, 1.54) is 12.8 Å². The Morgan fingerprint density at radius 1 is 0.850 bits per heavy atom. The topological polar surface area (TPSA) is 52.6 Å². The summed E-state index contributed by atoms with van der Waals surface area (Å²) in [5, 5.41) is 0. The summed E-state index contributed by atoms with van der Waals surface area (Å²) in [5.41, 5.74) is 0. The van der Waals surface area contributed by atoms with Crippen LogP contribution in [0.25, 0.3) is 0 Å². The Morgan fingerprint density at radius 3 is 1.45 bits per heavy atom. The molecule has 0 N–H and O–H groups in total. The van der Waals surface area contributed by atoms with Crippen LogP contribution in [0.15, 0.2) is 0 Å². The van der Waals surface area contributed by atoms with Crippen molar-refractivity contribution in [1.82, 2.24) is 0 Å². The number of rotatable bonds is 9. The monoisotopic (exact) mass is 416 g/mol. The quantitative estimate of drug-likeness (QED) is 0.426. The molecule has 0 bridgehead atoms. The third-order valence-electron chi connectivity index (χ3n) is 2.43. The van der Waals surface area contributed by atoms with Gasteiger partial charge in [-0.05, 0) is 0 Å². The average Bonchev–Trinajstić information content (AvgIpc) is 2.44. The Kier molecular flexibility index (Phi) is 19.1. The van der Waals surface area contributed by atoms with Crippen molar-refractivity contribution in [3.05, 3.63) is 0 Å². The van der Waals surface area contributed by atoms with Gasteiger partial charge in [-0.25, -0.2) is 0 Å². The Bertz CT molecular complexity index is 225. The van der Waals surface area contributed by atoms with Crippen molar-refractivity contribution in [3.63, 3.8) is 0 Å². The number of hydrogen-bond donors (Lipinski definition) is 0. The molecular formula is C14H29ClO4Sn. The van der Waals surface area contributed by atoms with Gasteiger partial charge in [-0.15, -0.1) is 0 Å². The zero-order chi connectivity index (χ0) is 15.8. The standard InChI is InChI=1S/2C5H9O2.C4H10.ClH.Sn.H/c2*1-3-5(6)7-4-2;1-3-4-2;;;/h2*1,3-4H2,2H3;3-4H2,1-2H3;1H;;/q;;;;+1;/p-1. The van der Waals surface area contributed by atoms with Gasteiger partial charge >= 0.3 is 107 Å². The summed E-state index contributed by atoms with van der Waals surface area (Å²) in [5.74, 6) is -0.387. The molecule has 0 saturated carbocycles. The number of carbonyl (C=O) groups is 2. The Hall–Kier alpha value is 0.0287. The average molecular weight is 416 g/mol. The van der Waals surface area contributed by atoms with Crippen LogP contribution < -0.4 is 0 Å². The Morgan fingerprint density at radius 2 is 1.20 bits per heavy atom. The van der Waals surface area contributed by atoms with Gasteiger partial charge < -0.3 is 0 Å². The van der Waals surface area contributed by atoms with E-state index in [4.69, 9.17) is 18.4 Å². The SMILES string of the molecule is CCCC.CCOC(=O)C[CH2][SnH]([Cl])[CH2]CC(=O)OCC.